The van der Waals surface area contributed by atoms with E-state index in [9.17, 15) is 4.79 Å². The van der Waals surface area contributed by atoms with Gasteiger partial charge in [0.05, 0.1) is 0 Å². The maximum absolute atomic E-state index is 11.7. The highest BCUT2D eigenvalue weighted by Crippen LogP contribution is 2.29. The van der Waals surface area contributed by atoms with Crippen LogP contribution in [-0.4, -0.2) is 29.4 Å². The van der Waals surface area contributed by atoms with E-state index >= 15 is 0 Å². The van der Waals surface area contributed by atoms with Gasteiger partial charge in [0.25, 0.3) is 0 Å². The SMILES string of the molecule is O=C(CCN(Cc1cccs1)C1CC1)NC1CC1. The van der Waals surface area contributed by atoms with Crippen LogP contribution in [-0.2, 0) is 11.3 Å². The maximum Gasteiger partial charge on any atom is 0.221 e. The molecule has 4 heteroatoms. The Morgan fingerprint density at radius 3 is 2.83 bits per heavy atom. The van der Waals surface area contributed by atoms with E-state index in [-0.39, 0.29) is 5.91 Å². The molecular weight excluding hydrogens is 244 g/mol. The Labute approximate surface area is 112 Å². The number of hydrogen-bond acceptors (Lipinski definition) is 3. The van der Waals surface area contributed by atoms with Gasteiger partial charge in [0.2, 0.25) is 5.91 Å². The van der Waals surface area contributed by atoms with E-state index in [4.69, 9.17) is 0 Å². The lowest BCUT2D eigenvalue weighted by Gasteiger charge is -2.20. The molecule has 2 aliphatic rings. The van der Waals surface area contributed by atoms with Crippen molar-refractivity contribution in [2.75, 3.05) is 6.54 Å². The number of thiophene rings is 1. The molecule has 1 heterocycles. The van der Waals surface area contributed by atoms with Gasteiger partial charge in [-0.3, -0.25) is 9.69 Å². The van der Waals surface area contributed by atoms with Crippen LogP contribution < -0.4 is 5.32 Å². The first-order valence-electron chi connectivity index (χ1n) is 6.87. The fraction of sp³-hybridized carbons (Fsp3) is 0.643. The Balaban J connectivity index is 1.46. The van der Waals surface area contributed by atoms with Crippen molar-refractivity contribution in [3.8, 4) is 0 Å². The average Bonchev–Trinajstić information content (AvgIpc) is 3.27. The first-order valence-corrected chi connectivity index (χ1v) is 7.75. The van der Waals surface area contributed by atoms with E-state index < -0.39 is 0 Å². The lowest BCUT2D eigenvalue weighted by Crippen LogP contribution is -2.32. The summed E-state index contributed by atoms with van der Waals surface area (Å²) < 4.78 is 0. The molecule has 0 radical (unpaired) electrons. The molecule has 2 aliphatic carbocycles. The number of carbonyl (C=O) groups excluding carboxylic acids is 1. The maximum atomic E-state index is 11.7. The Morgan fingerprint density at radius 1 is 1.39 bits per heavy atom. The van der Waals surface area contributed by atoms with Crippen molar-refractivity contribution in [3.63, 3.8) is 0 Å². The summed E-state index contributed by atoms with van der Waals surface area (Å²) in [5.41, 5.74) is 0. The third kappa shape index (κ3) is 3.56. The van der Waals surface area contributed by atoms with Crippen molar-refractivity contribution >= 4 is 17.2 Å². The molecule has 1 aromatic rings. The van der Waals surface area contributed by atoms with Gasteiger partial charge in [0.1, 0.15) is 0 Å². The average molecular weight is 264 g/mol. The first-order chi connectivity index (χ1) is 8.81. The highest BCUT2D eigenvalue weighted by atomic mass is 32.1. The van der Waals surface area contributed by atoms with Crippen LogP contribution in [0, 0.1) is 0 Å². The van der Waals surface area contributed by atoms with E-state index in [1.54, 1.807) is 0 Å². The summed E-state index contributed by atoms with van der Waals surface area (Å²) >= 11 is 1.81. The quantitative estimate of drug-likeness (QED) is 0.820. The normalized spacial score (nSPS) is 19.2. The largest absolute Gasteiger partial charge is 0.353 e. The first kappa shape index (κ1) is 12.2. The van der Waals surface area contributed by atoms with Gasteiger partial charge in [-0.2, -0.15) is 0 Å². The van der Waals surface area contributed by atoms with E-state index in [1.807, 2.05) is 11.3 Å². The minimum atomic E-state index is 0.231. The van der Waals surface area contributed by atoms with Crippen LogP contribution in [0.15, 0.2) is 17.5 Å². The fourth-order valence-electron chi connectivity index (χ4n) is 2.21. The van der Waals surface area contributed by atoms with Crippen LogP contribution in [0.4, 0.5) is 0 Å². The molecule has 0 saturated heterocycles. The third-order valence-corrected chi connectivity index (χ3v) is 4.43. The van der Waals surface area contributed by atoms with Crippen molar-refractivity contribution in [1.29, 1.82) is 0 Å². The molecule has 98 valence electrons. The lowest BCUT2D eigenvalue weighted by molar-refractivity contribution is -0.121. The van der Waals surface area contributed by atoms with Crippen LogP contribution in [0.25, 0.3) is 0 Å². The van der Waals surface area contributed by atoms with Crippen molar-refractivity contribution in [2.24, 2.45) is 0 Å². The molecule has 0 aliphatic heterocycles. The Kier molecular flexibility index (Phi) is 3.66. The molecule has 0 bridgehead atoms. The van der Waals surface area contributed by atoms with Gasteiger partial charge >= 0.3 is 0 Å². The Bertz CT molecular complexity index is 396. The van der Waals surface area contributed by atoms with Crippen LogP contribution >= 0.6 is 11.3 Å². The second-order valence-corrected chi connectivity index (χ2v) is 6.41. The monoisotopic (exact) mass is 264 g/mol. The summed E-state index contributed by atoms with van der Waals surface area (Å²) in [6.07, 6.45) is 5.60. The van der Waals surface area contributed by atoms with Crippen LogP contribution in [0.3, 0.4) is 0 Å². The third-order valence-electron chi connectivity index (χ3n) is 3.57. The van der Waals surface area contributed by atoms with Gasteiger partial charge in [-0.15, -0.1) is 11.3 Å². The van der Waals surface area contributed by atoms with Crippen molar-refractivity contribution < 1.29 is 4.79 Å². The molecule has 2 saturated carbocycles. The number of amides is 1. The zero-order valence-electron chi connectivity index (χ0n) is 10.6. The Morgan fingerprint density at radius 2 is 2.22 bits per heavy atom. The van der Waals surface area contributed by atoms with Crippen molar-refractivity contribution in [1.82, 2.24) is 10.2 Å². The number of carbonyl (C=O) groups is 1. The highest BCUT2D eigenvalue weighted by molar-refractivity contribution is 7.09. The number of rotatable bonds is 7. The minimum Gasteiger partial charge on any atom is -0.353 e. The van der Waals surface area contributed by atoms with Crippen LogP contribution in [0.1, 0.15) is 37.0 Å². The molecule has 1 aromatic heterocycles. The zero-order valence-corrected chi connectivity index (χ0v) is 11.4. The molecule has 0 aromatic carbocycles. The fourth-order valence-corrected chi connectivity index (χ4v) is 2.94. The molecule has 18 heavy (non-hydrogen) atoms. The lowest BCUT2D eigenvalue weighted by atomic mass is 10.3. The van der Waals surface area contributed by atoms with Gasteiger partial charge < -0.3 is 5.32 Å². The second kappa shape index (κ2) is 5.41. The van der Waals surface area contributed by atoms with Gasteiger partial charge in [0, 0.05) is 36.5 Å². The molecule has 3 nitrogen and oxygen atoms in total. The van der Waals surface area contributed by atoms with Crippen molar-refractivity contribution in [3.05, 3.63) is 22.4 Å². The minimum absolute atomic E-state index is 0.231. The molecule has 0 spiro atoms. The van der Waals surface area contributed by atoms with E-state index in [0.717, 1.165) is 19.1 Å². The molecule has 0 atom stereocenters. The molecule has 1 amide bonds. The van der Waals surface area contributed by atoms with Gasteiger partial charge in [-0.25, -0.2) is 0 Å². The standard InChI is InChI=1S/C14H20N2OS/c17-14(15-11-3-4-11)7-8-16(12-5-6-12)10-13-2-1-9-18-13/h1-2,9,11-12H,3-8,10H2,(H,15,17). The molecule has 0 unspecified atom stereocenters. The van der Waals surface area contributed by atoms with E-state index in [0.29, 0.717) is 12.5 Å². The summed E-state index contributed by atoms with van der Waals surface area (Å²) in [6, 6.07) is 5.50. The number of hydrogen-bond donors (Lipinski definition) is 1. The number of nitrogens with one attached hydrogen (secondary N) is 1. The molecular formula is C14H20N2OS. The van der Waals surface area contributed by atoms with Crippen LogP contribution in [0.2, 0.25) is 0 Å². The zero-order chi connectivity index (χ0) is 12.4. The van der Waals surface area contributed by atoms with Gasteiger partial charge in [-0.05, 0) is 37.1 Å². The van der Waals surface area contributed by atoms with E-state index in [2.05, 4.69) is 27.7 Å². The summed E-state index contributed by atoms with van der Waals surface area (Å²) in [4.78, 5) is 15.6. The van der Waals surface area contributed by atoms with Gasteiger partial charge in [0.15, 0.2) is 0 Å². The number of nitrogens with zero attached hydrogens (tertiary/aromatic N) is 1. The topological polar surface area (TPSA) is 32.3 Å². The smallest absolute Gasteiger partial charge is 0.221 e. The molecule has 3 rings (SSSR count). The highest BCUT2D eigenvalue weighted by Gasteiger charge is 2.30. The summed E-state index contributed by atoms with van der Waals surface area (Å²) in [6.45, 7) is 1.92. The predicted molar refractivity (Wildman–Crippen MR) is 73.5 cm³/mol. The summed E-state index contributed by atoms with van der Waals surface area (Å²) in [5, 5.41) is 5.19. The van der Waals surface area contributed by atoms with Crippen molar-refractivity contribution in [2.45, 2.75) is 50.7 Å². The summed E-state index contributed by atoms with van der Waals surface area (Å²) in [5.74, 6) is 0.231. The van der Waals surface area contributed by atoms with E-state index in [1.165, 1.54) is 30.6 Å². The molecule has 2 fully saturated rings. The van der Waals surface area contributed by atoms with Gasteiger partial charge in [-0.1, -0.05) is 6.07 Å². The second-order valence-electron chi connectivity index (χ2n) is 5.37. The Hall–Kier alpha value is -0.870. The predicted octanol–water partition coefficient (Wildman–Crippen LogP) is 2.38. The molecule has 1 N–H and O–H groups in total. The van der Waals surface area contributed by atoms with Crippen LogP contribution in [0.5, 0.6) is 0 Å². The summed E-state index contributed by atoms with van der Waals surface area (Å²) in [7, 11) is 0.